The van der Waals surface area contributed by atoms with Gasteiger partial charge in [0.15, 0.2) is 11.6 Å². The smallest absolute Gasteiger partial charge is 0.311 e. The minimum atomic E-state index is -0.618. The second-order valence-corrected chi connectivity index (χ2v) is 5.80. The maximum absolute atomic E-state index is 14.4. The third kappa shape index (κ3) is 4.67. The van der Waals surface area contributed by atoms with Crippen molar-refractivity contribution in [3.8, 4) is 17.0 Å². The fourth-order valence-corrected chi connectivity index (χ4v) is 2.49. The topological polar surface area (TPSA) is 48.4 Å². The van der Waals surface area contributed by atoms with Crippen LogP contribution in [0.3, 0.4) is 0 Å². The van der Waals surface area contributed by atoms with Crippen LogP contribution in [0.25, 0.3) is 11.3 Å². The lowest BCUT2D eigenvalue weighted by atomic mass is 10.1. The van der Waals surface area contributed by atoms with Crippen LogP contribution in [0.4, 0.5) is 8.78 Å². The van der Waals surface area contributed by atoms with Crippen LogP contribution >= 0.6 is 0 Å². The molecular formula is C21H17F2NO3. The van der Waals surface area contributed by atoms with E-state index in [1.165, 1.54) is 31.4 Å². The highest BCUT2D eigenvalue weighted by Gasteiger charge is 2.13. The van der Waals surface area contributed by atoms with Gasteiger partial charge in [-0.05, 0) is 35.9 Å². The molecule has 0 saturated heterocycles. The highest BCUT2D eigenvalue weighted by molar-refractivity contribution is 5.72. The molecule has 0 spiro atoms. The number of methoxy groups -OCH3 is 1. The van der Waals surface area contributed by atoms with Crippen LogP contribution in [0.1, 0.15) is 11.3 Å². The first kappa shape index (κ1) is 18.5. The van der Waals surface area contributed by atoms with Gasteiger partial charge >= 0.3 is 5.97 Å². The minimum Gasteiger partial charge on any atom is -0.486 e. The van der Waals surface area contributed by atoms with Gasteiger partial charge in [0.25, 0.3) is 0 Å². The van der Waals surface area contributed by atoms with Gasteiger partial charge in [-0.25, -0.2) is 13.8 Å². The van der Waals surface area contributed by atoms with Crippen LogP contribution in [0.2, 0.25) is 0 Å². The summed E-state index contributed by atoms with van der Waals surface area (Å²) in [5.74, 6) is -1.66. The molecule has 0 atom stereocenters. The molecule has 2 aromatic carbocycles. The van der Waals surface area contributed by atoms with Crippen LogP contribution in [-0.2, 0) is 22.6 Å². The molecule has 0 fully saturated rings. The molecule has 0 bridgehead atoms. The number of halogens is 2. The number of rotatable bonds is 6. The van der Waals surface area contributed by atoms with E-state index in [1.807, 2.05) is 30.3 Å². The average molecular weight is 369 g/mol. The second-order valence-electron chi connectivity index (χ2n) is 5.80. The molecule has 0 unspecified atom stereocenters. The fraction of sp³-hybridized carbons (Fsp3) is 0.143. The van der Waals surface area contributed by atoms with Gasteiger partial charge in [-0.15, -0.1) is 0 Å². The van der Waals surface area contributed by atoms with Gasteiger partial charge in [-0.2, -0.15) is 0 Å². The molecule has 1 heterocycles. The predicted molar refractivity (Wildman–Crippen MR) is 96.1 cm³/mol. The van der Waals surface area contributed by atoms with Gasteiger partial charge < -0.3 is 9.47 Å². The monoisotopic (exact) mass is 369 g/mol. The summed E-state index contributed by atoms with van der Waals surface area (Å²) in [6, 6.07) is 16.4. The lowest BCUT2D eigenvalue weighted by Crippen LogP contribution is -2.08. The maximum atomic E-state index is 14.4. The van der Waals surface area contributed by atoms with Crippen molar-refractivity contribution in [2.24, 2.45) is 0 Å². The van der Waals surface area contributed by atoms with Gasteiger partial charge in [-0.1, -0.05) is 30.3 Å². The van der Waals surface area contributed by atoms with E-state index in [-0.39, 0.29) is 24.5 Å². The normalized spacial score (nSPS) is 10.5. The van der Waals surface area contributed by atoms with Crippen LogP contribution < -0.4 is 4.74 Å². The Morgan fingerprint density at radius 1 is 1.00 bits per heavy atom. The first-order valence-electron chi connectivity index (χ1n) is 8.25. The summed E-state index contributed by atoms with van der Waals surface area (Å²) >= 11 is 0. The lowest BCUT2D eigenvalue weighted by Gasteiger charge is -2.10. The number of carbonyl (C=O) groups is 1. The van der Waals surface area contributed by atoms with E-state index in [0.717, 1.165) is 5.56 Å². The molecule has 4 nitrogen and oxygen atoms in total. The van der Waals surface area contributed by atoms with Crippen molar-refractivity contribution in [2.45, 2.75) is 13.0 Å². The Balaban J connectivity index is 1.79. The summed E-state index contributed by atoms with van der Waals surface area (Å²) in [4.78, 5) is 15.5. The number of esters is 1. The molecule has 6 heteroatoms. The Morgan fingerprint density at radius 3 is 2.48 bits per heavy atom. The number of hydrogen-bond donors (Lipinski definition) is 0. The van der Waals surface area contributed by atoms with Gasteiger partial charge in [0.1, 0.15) is 12.4 Å². The molecule has 0 saturated carbocycles. The first-order valence-corrected chi connectivity index (χ1v) is 8.25. The quantitative estimate of drug-likeness (QED) is 0.607. The highest BCUT2D eigenvalue weighted by atomic mass is 19.1. The van der Waals surface area contributed by atoms with E-state index < -0.39 is 17.6 Å². The van der Waals surface area contributed by atoms with Crippen molar-refractivity contribution in [3.05, 3.63) is 83.6 Å². The summed E-state index contributed by atoms with van der Waals surface area (Å²) in [5, 5.41) is 0. The average Bonchev–Trinajstić information content (AvgIpc) is 2.69. The first-order chi connectivity index (χ1) is 13.1. The number of benzene rings is 2. The number of nitrogens with zero attached hydrogens (tertiary/aromatic N) is 1. The van der Waals surface area contributed by atoms with Crippen LogP contribution in [0.5, 0.6) is 5.75 Å². The zero-order valence-corrected chi connectivity index (χ0v) is 14.6. The third-order valence-corrected chi connectivity index (χ3v) is 3.92. The van der Waals surface area contributed by atoms with E-state index in [1.54, 1.807) is 6.07 Å². The molecular weight excluding hydrogens is 352 g/mol. The zero-order chi connectivity index (χ0) is 19.2. The van der Waals surface area contributed by atoms with E-state index in [0.29, 0.717) is 11.3 Å². The Hall–Kier alpha value is -3.28. The SMILES string of the molecule is COC(=O)Cc1nc(-c2ccc(OCc3ccccc3)c(F)c2)ccc1F. The third-order valence-electron chi connectivity index (χ3n) is 3.92. The van der Waals surface area contributed by atoms with E-state index in [2.05, 4.69) is 9.72 Å². The van der Waals surface area contributed by atoms with E-state index in [4.69, 9.17) is 4.74 Å². The van der Waals surface area contributed by atoms with Crippen LogP contribution in [0, 0.1) is 11.6 Å². The molecule has 1 aromatic heterocycles. The van der Waals surface area contributed by atoms with Gasteiger partial charge in [0.2, 0.25) is 0 Å². The van der Waals surface area contributed by atoms with Crippen molar-refractivity contribution in [1.29, 1.82) is 0 Å². The largest absolute Gasteiger partial charge is 0.486 e. The van der Waals surface area contributed by atoms with Gasteiger partial charge in [-0.3, -0.25) is 4.79 Å². The minimum absolute atomic E-state index is 0.0517. The lowest BCUT2D eigenvalue weighted by molar-refractivity contribution is -0.139. The number of pyridine rings is 1. The molecule has 0 aliphatic heterocycles. The molecule has 3 aromatic rings. The molecule has 0 radical (unpaired) electrons. The second kappa shape index (κ2) is 8.40. The maximum Gasteiger partial charge on any atom is 0.311 e. The molecule has 0 N–H and O–H groups in total. The van der Waals surface area contributed by atoms with E-state index in [9.17, 15) is 13.6 Å². The van der Waals surface area contributed by atoms with E-state index >= 15 is 0 Å². The van der Waals surface area contributed by atoms with Gasteiger partial charge in [0, 0.05) is 5.56 Å². The number of aromatic nitrogens is 1. The summed E-state index contributed by atoms with van der Waals surface area (Å²) in [6.45, 7) is 0.245. The number of ether oxygens (including phenoxy) is 2. The highest BCUT2D eigenvalue weighted by Crippen LogP contribution is 2.26. The number of hydrogen-bond acceptors (Lipinski definition) is 4. The summed E-state index contributed by atoms with van der Waals surface area (Å²) in [6.07, 6.45) is -0.295. The summed E-state index contributed by atoms with van der Waals surface area (Å²) in [5.41, 5.74) is 1.67. The molecule has 27 heavy (non-hydrogen) atoms. The molecule has 138 valence electrons. The number of carbonyl (C=O) groups excluding carboxylic acids is 1. The van der Waals surface area contributed by atoms with Crippen molar-refractivity contribution < 1.29 is 23.0 Å². The Bertz CT molecular complexity index is 945. The van der Waals surface area contributed by atoms with Crippen LogP contribution in [0.15, 0.2) is 60.7 Å². The standard InChI is InChI=1S/C21H17F2NO3/c1-26-21(25)12-19-16(22)8-9-18(24-19)15-7-10-20(17(23)11-15)27-13-14-5-3-2-4-6-14/h2-11H,12-13H2,1H3. The van der Waals surface area contributed by atoms with Gasteiger partial charge in [0.05, 0.1) is 24.9 Å². The Labute approximate surface area is 155 Å². The van der Waals surface area contributed by atoms with Crippen molar-refractivity contribution >= 4 is 5.97 Å². The van der Waals surface area contributed by atoms with Crippen LogP contribution in [-0.4, -0.2) is 18.1 Å². The molecule has 0 amide bonds. The summed E-state index contributed by atoms with van der Waals surface area (Å²) in [7, 11) is 1.22. The zero-order valence-electron chi connectivity index (χ0n) is 14.6. The molecule has 0 aliphatic carbocycles. The van der Waals surface area contributed by atoms with Crippen molar-refractivity contribution in [2.75, 3.05) is 7.11 Å². The molecule has 3 rings (SSSR count). The Kier molecular flexibility index (Phi) is 5.76. The van der Waals surface area contributed by atoms with Crippen molar-refractivity contribution in [1.82, 2.24) is 4.98 Å². The Morgan fingerprint density at radius 2 is 1.78 bits per heavy atom. The summed E-state index contributed by atoms with van der Waals surface area (Å²) < 4.78 is 38.2. The van der Waals surface area contributed by atoms with Crippen molar-refractivity contribution in [3.63, 3.8) is 0 Å². The molecule has 0 aliphatic rings. The predicted octanol–water partition coefficient (Wildman–Crippen LogP) is 4.32. The fourth-order valence-electron chi connectivity index (χ4n) is 2.49.